The van der Waals surface area contributed by atoms with E-state index in [1.165, 1.54) is 17.0 Å². The molecule has 3 rings (SSSR count). The van der Waals surface area contributed by atoms with Crippen molar-refractivity contribution in [2.75, 3.05) is 38.1 Å². The van der Waals surface area contributed by atoms with E-state index in [1.54, 1.807) is 12.1 Å². The Bertz CT molecular complexity index is 831. The predicted molar refractivity (Wildman–Crippen MR) is 109 cm³/mol. The maximum atomic E-state index is 12.9. The number of nitrogens with zero attached hydrogens (tertiary/aromatic N) is 2. The van der Waals surface area contributed by atoms with E-state index in [4.69, 9.17) is 5.14 Å². The summed E-state index contributed by atoms with van der Waals surface area (Å²) in [6, 6.07) is 5.97. The largest absolute Gasteiger partial charge is 0.342 e. The number of primary sulfonamides is 1. The van der Waals surface area contributed by atoms with Crippen LogP contribution in [0.5, 0.6) is 0 Å². The standard InChI is InChI=1S/C18H26N4O4S.ClH/c1-20-10-13-4-3-7-21(11-13)18(24)14-8-17(23)22(12-14)15-5-2-6-16(9-15)27(19,25)26;/h2,5-6,9,13-14,20H,3-4,7-8,10-12H2,1H3,(H2,19,25,26);1H. The molecule has 1 aromatic rings. The normalized spacial score (nSPS) is 22.9. The monoisotopic (exact) mass is 430 g/mol. The molecule has 1 aromatic carbocycles. The van der Waals surface area contributed by atoms with Gasteiger partial charge < -0.3 is 15.1 Å². The third-order valence-electron chi connectivity index (χ3n) is 5.26. The Labute approximate surface area is 171 Å². The lowest BCUT2D eigenvalue weighted by molar-refractivity contribution is -0.137. The number of likely N-dealkylation sites (tertiary alicyclic amines) is 1. The number of benzene rings is 1. The summed E-state index contributed by atoms with van der Waals surface area (Å²) < 4.78 is 23.1. The van der Waals surface area contributed by atoms with Crippen LogP contribution < -0.4 is 15.4 Å². The number of carbonyl (C=O) groups is 2. The van der Waals surface area contributed by atoms with Crippen molar-refractivity contribution in [1.29, 1.82) is 0 Å². The molecule has 2 unspecified atom stereocenters. The Morgan fingerprint density at radius 2 is 2.07 bits per heavy atom. The van der Waals surface area contributed by atoms with Crippen LogP contribution in [0.15, 0.2) is 29.2 Å². The molecule has 2 aliphatic heterocycles. The molecule has 156 valence electrons. The Kier molecular flexibility index (Phi) is 7.44. The van der Waals surface area contributed by atoms with Crippen LogP contribution in [0.25, 0.3) is 0 Å². The molecule has 3 N–H and O–H groups in total. The van der Waals surface area contributed by atoms with Crippen LogP contribution in [0.2, 0.25) is 0 Å². The van der Waals surface area contributed by atoms with Crippen molar-refractivity contribution in [3.8, 4) is 0 Å². The van der Waals surface area contributed by atoms with Crippen LogP contribution in [-0.2, 0) is 19.6 Å². The van der Waals surface area contributed by atoms with Gasteiger partial charge in [-0.1, -0.05) is 6.07 Å². The van der Waals surface area contributed by atoms with Crippen molar-refractivity contribution in [1.82, 2.24) is 10.2 Å². The number of anilines is 1. The molecule has 10 heteroatoms. The van der Waals surface area contributed by atoms with Crippen molar-refractivity contribution in [3.05, 3.63) is 24.3 Å². The lowest BCUT2D eigenvalue weighted by Crippen LogP contribution is -2.45. The van der Waals surface area contributed by atoms with Gasteiger partial charge in [0.1, 0.15) is 0 Å². The Morgan fingerprint density at radius 3 is 2.75 bits per heavy atom. The average molecular weight is 431 g/mol. The van der Waals surface area contributed by atoms with E-state index in [0.717, 1.165) is 25.9 Å². The minimum Gasteiger partial charge on any atom is -0.342 e. The summed E-state index contributed by atoms with van der Waals surface area (Å²) in [6.07, 6.45) is 2.21. The quantitative estimate of drug-likeness (QED) is 0.708. The molecule has 2 heterocycles. The van der Waals surface area contributed by atoms with Crippen molar-refractivity contribution < 1.29 is 18.0 Å². The van der Waals surface area contributed by atoms with Gasteiger partial charge in [0, 0.05) is 31.7 Å². The lowest BCUT2D eigenvalue weighted by atomic mass is 9.96. The van der Waals surface area contributed by atoms with Crippen molar-refractivity contribution in [2.45, 2.75) is 24.2 Å². The second-order valence-corrected chi connectivity index (χ2v) is 8.86. The first kappa shape index (κ1) is 22.6. The van der Waals surface area contributed by atoms with Gasteiger partial charge in [0.05, 0.1) is 10.8 Å². The molecular weight excluding hydrogens is 404 g/mol. The van der Waals surface area contributed by atoms with E-state index in [-0.39, 0.29) is 42.1 Å². The fourth-order valence-electron chi connectivity index (χ4n) is 3.93. The molecule has 2 aliphatic rings. The number of rotatable bonds is 5. The minimum absolute atomic E-state index is 0. The summed E-state index contributed by atoms with van der Waals surface area (Å²) in [6.45, 7) is 2.58. The molecule has 2 amide bonds. The number of hydrogen-bond acceptors (Lipinski definition) is 5. The van der Waals surface area contributed by atoms with Crippen molar-refractivity contribution in [3.63, 3.8) is 0 Å². The molecule has 0 aliphatic carbocycles. The summed E-state index contributed by atoms with van der Waals surface area (Å²) in [7, 11) is -1.94. The third kappa shape index (κ3) is 5.02. The molecular formula is C18H27ClN4O4S. The highest BCUT2D eigenvalue weighted by molar-refractivity contribution is 7.89. The number of halogens is 1. The van der Waals surface area contributed by atoms with Crippen LogP contribution in [0.3, 0.4) is 0 Å². The van der Waals surface area contributed by atoms with E-state index in [2.05, 4.69) is 5.32 Å². The number of nitrogens with one attached hydrogen (secondary N) is 1. The number of carbonyl (C=O) groups excluding carboxylic acids is 2. The highest BCUT2D eigenvalue weighted by Crippen LogP contribution is 2.29. The van der Waals surface area contributed by atoms with E-state index in [0.29, 0.717) is 18.2 Å². The van der Waals surface area contributed by atoms with Crippen LogP contribution in [0.4, 0.5) is 5.69 Å². The van der Waals surface area contributed by atoms with Crippen molar-refractivity contribution in [2.24, 2.45) is 17.0 Å². The van der Waals surface area contributed by atoms with Crippen LogP contribution in [0, 0.1) is 11.8 Å². The summed E-state index contributed by atoms with van der Waals surface area (Å²) in [5.41, 5.74) is 0.452. The van der Waals surface area contributed by atoms with Gasteiger partial charge in [0.15, 0.2) is 0 Å². The zero-order valence-corrected chi connectivity index (χ0v) is 17.5. The van der Waals surface area contributed by atoms with E-state index >= 15 is 0 Å². The zero-order chi connectivity index (χ0) is 19.6. The summed E-state index contributed by atoms with van der Waals surface area (Å²) in [5, 5.41) is 8.33. The van der Waals surface area contributed by atoms with Crippen molar-refractivity contribution >= 4 is 39.9 Å². The highest BCUT2D eigenvalue weighted by Gasteiger charge is 2.38. The van der Waals surface area contributed by atoms with Gasteiger partial charge in [-0.2, -0.15) is 0 Å². The molecule has 0 spiro atoms. The first-order valence-electron chi connectivity index (χ1n) is 9.16. The van der Waals surface area contributed by atoms with E-state index in [1.807, 2.05) is 11.9 Å². The van der Waals surface area contributed by atoms with Gasteiger partial charge in [0.2, 0.25) is 21.8 Å². The average Bonchev–Trinajstić information content (AvgIpc) is 3.03. The van der Waals surface area contributed by atoms with Crippen LogP contribution >= 0.6 is 12.4 Å². The fourth-order valence-corrected chi connectivity index (χ4v) is 4.48. The molecule has 8 nitrogen and oxygen atoms in total. The Hall–Kier alpha value is -1.68. The number of nitrogens with two attached hydrogens (primary N) is 1. The van der Waals surface area contributed by atoms with Gasteiger partial charge in [0.25, 0.3) is 0 Å². The molecule has 0 aromatic heterocycles. The van der Waals surface area contributed by atoms with Gasteiger partial charge in [-0.05, 0) is 50.6 Å². The first-order valence-corrected chi connectivity index (χ1v) is 10.7. The Morgan fingerprint density at radius 1 is 1.32 bits per heavy atom. The summed E-state index contributed by atoms with van der Waals surface area (Å²) >= 11 is 0. The number of piperidine rings is 1. The summed E-state index contributed by atoms with van der Waals surface area (Å²) in [4.78, 5) is 28.7. The maximum Gasteiger partial charge on any atom is 0.238 e. The molecule has 2 saturated heterocycles. The number of sulfonamides is 1. The lowest BCUT2D eigenvalue weighted by Gasteiger charge is -2.34. The molecule has 28 heavy (non-hydrogen) atoms. The highest BCUT2D eigenvalue weighted by atomic mass is 35.5. The second-order valence-electron chi connectivity index (χ2n) is 7.30. The first-order chi connectivity index (χ1) is 12.8. The SMILES string of the molecule is CNCC1CCCN(C(=O)C2CC(=O)N(c3cccc(S(N)(=O)=O)c3)C2)C1.Cl. The molecule has 0 bridgehead atoms. The van der Waals surface area contributed by atoms with Gasteiger partial charge in [-0.3, -0.25) is 9.59 Å². The molecule has 0 radical (unpaired) electrons. The molecule has 2 fully saturated rings. The van der Waals surface area contributed by atoms with Crippen LogP contribution in [-0.4, -0.2) is 58.4 Å². The van der Waals surface area contributed by atoms with Gasteiger partial charge in [-0.25, -0.2) is 13.6 Å². The zero-order valence-electron chi connectivity index (χ0n) is 15.8. The molecule has 2 atom stereocenters. The van der Waals surface area contributed by atoms with Gasteiger partial charge in [-0.15, -0.1) is 12.4 Å². The maximum absolute atomic E-state index is 12.9. The topological polar surface area (TPSA) is 113 Å². The van der Waals surface area contributed by atoms with Crippen LogP contribution in [0.1, 0.15) is 19.3 Å². The predicted octanol–water partition coefficient (Wildman–Crippen LogP) is 0.567. The van der Waals surface area contributed by atoms with E-state index in [9.17, 15) is 18.0 Å². The third-order valence-corrected chi connectivity index (χ3v) is 6.17. The fraction of sp³-hybridized carbons (Fsp3) is 0.556. The van der Waals surface area contributed by atoms with Gasteiger partial charge >= 0.3 is 0 Å². The number of amides is 2. The second kappa shape index (κ2) is 9.21. The smallest absolute Gasteiger partial charge is 0.238 e. The minimum atomic E-state index is -3.85. The van der Waals surface area contributed by atoms with E-state index < -0.39 is 15.9 Å². The summed E-state index contributed by atoms with van der Waals surface area (Å²) in [5.74, 6) is -0.130. The number of hydrogen-bond donors (Lipinski definition) is 2. The Balaban J connectivity index is 0.00000280. The molecule has 0 saturated carbocycles.